The van der Waals surface area contributed by atoms with Gasteiger partial charge < -0.3 is 24.4 Å². The second-order valence-corrected chi connectivity index (χ2v) is 9.61. The summed E-state index contributed by atoms with van der Waals surface area (Å²) in [6, 6.07) is 21.3. The molecule has 198 valence electrons. The van der Waals surface area contributed by atoms with E-state index in [0.29, 0.717) is 48.1 Å². The van der Waals surface area contributed by atoms with Gasteiger partial charge in [-0.1, -0.05) is 37.3 Å². The Labute approximate surface area is 223 Å². The largest absolute Gasteiger partial charge is 0.507 e. The third-order valence-electron chi connectivity index (χ3n) is 6.41. The van der Waals surface area contributed by atoms with Gasteiger partial charge in [-0.25, -0.2) is 0 Å². The standard InChI is InChI=1S/C31H34N2O5/c1-5-18-37-24-14-15-26(21(2)19-24)29(34)27-28(33(17-16-32(3)4)31(36)30(27)35)22-10-9-13-25(20-22)38-23-11-7-6-8-12-23/h6-15,19-20,28,34H,5,16-18H2,1-4H3/b29-27+. The van der Waals surface area contributed by atoms with E-state index in [9.17, 15) is 14.7 Å². The number of ether oxygens (including phenoxy) is 2. The number of aryl methyl sites for hydroxylation is 1. The molecule has 1 amide bonds. The van der Waals surface area contributed by atoms with Crippen LogP contribution in [0.2, 0.25) is 0 Å². The molecule has 0 spiro atoms. The summed E-state index contributed by atoms with van der Waals surface area (Å²) >= 11 is 0. The second kappa shape index (κ2) is 12.0. The van der Waals surface area contributed by atoms with Crippen LogP contribution in [0.5, 0.6) is 17.2 Å². The molecule has 0 radical (unpaired) electrons. The van der Waals surface area contributed by atoms with Crippen molar-refractivity contribution >= 4 is 17.4 Å². The van der Waals surface area contributed by atoms with Crippen molar-refractivity contribution < 1.29 is 24.2 Å². The Hall–Kier alpha value is -4.10. The first-order chi connectivity index (χ1) is 18.3. The molecule has 3 aromatic carbocycles. The summed E-state index contributed by atoms with van der Waals surface area (Å²) < 4.78 is 11.7. The summed E-state index contributed by atoms with van der Waals surface area (Å²) in [6.45, 7) is 5.35. The SMILES string of the molecule is CCCOc1ccc(/C(O)=C2\C(=O)C(=O)N(CCN(C)C)C2c2cccc(Oc3ccccc3)c2)c(C)c1. The first kappa shape index (κ1) is 26.9. The Morgan fingerprint density at radius 2 is 1.68 bits per heavy atom. The van der Waals surface area contributed by atoms with E-state index < -0.39 is 17.7 Å². The van der Waals surface area contributed by atoms with Crippen molar-refractivity contribution in [2.45, 2.75) is 26.3 Å². The van der Waals surface area contributed by atoms with Crippen molar-refractivity contribution in [2.75, 3.05) is 33.8 Å². The molecule has 1 unspecified atom stereocenters. The molecule has 7 heteroatoms. The molecule has 0 bridgehead atoms. The van der Waals surface area contributed by atoms with E-state index in [1.165, 1.54) is 4.90 Å². The number of Topliss-reactive ketones (excluding diaryl/α,β-unsaturated/α-hetero) is 1. The highest BCUT2D eigenvalue weighted by Crippen LogP contribution is 2.41. The van der Waals surface area contributed by atoms with Crippen LogP contribution in [-0.2, 0) is 9.59 Å². The van der Waals surface area contributed by atoms with Crippen molar-refractivity contribution in [1.29, 1.82) is 0 Å². The molecule has 1 atom stereocenters. The highest BCUT2D eigenvalue weighted by Gasteiger charge is 2.46. The number of hydrogen-bond acceptors (Lipinski definition) is 6. The number of ketones is 1. The summed E-state index contributed by atoms with van der Waals surface area (Å²) in [4.78, 5) is 30.1. The first-order valence-electron chi connectivity index (χ1n) is 12.8. The van der Waals surface area contributed by atoms with Gasteiger partial charge in [-0.15, -0.1) is 0 Å². The predicted octanol–water partition coefficient (Wildman–Crippen LogP) is 5.56. The molecule has 1 heterocycles. The fourth-order valence-electron chi connectivity index (χ4n) is 4.49. The Morgan fingerprint density at radius 3 is 2.37 bits per heavy atom. The Morgan fingerprint density at radius 1 is 0.947 bits per heavy atom. The monoisotopic (exact) mass is 514 g/mol. The summed E-state index contributed by atoms with van der Waals surface area (Å²) in [6.07, 6.45) is 0.879. The van der Waals surface area contributed by atoms with Crippen molar-refractivity contribution in [3.05, 3.63) is 95.1 Å². The van der Waals surface area contributed by atoms with Crippen LogP contribution in [0.3, 0.4) is 0 Å². The molecule has 1 aliphatic rings. The Bertz CT molecular complexity index is 1330. The fraction of sp³-hybridized carbons (Fsp3) is 0.290. The van der Waals surface area contributed by atoms with Crippen molar-refractivity contribution in [3.8, 4) is 17.2 Å². The maximum absolute atomic E-state index is 13.4. The van der Waals surface area contributed by atoms with Gasteiger partial charge in [0.1, 0.15) is 23.0 Å². The lowest BCUT2D eigenvalue weighted by molar-refractivity contribution is -0.140. The quantitative estimate of drug-likeness (QED) is 0.217. The molecule has 7 nitrogen and oxygen atoms in total. The van der Waals surface area contributed by atoms with Crippen molar-refractivity contribution in [1.82, 2.24) is 9.80 Å². The van der Waals surface area contributed by atoms with Crippen LogP contribution in [0.1, 0.15) is 36.1 Å². The Kier molecular flexibility index (Phi) is 8.48. The molecule has 0 aliphatic carbocycles. The van der Waals surface area contributed by atoms with Crippen LogP contribution in [0.25, 0.3) is 5.76 Å². The maximum atomic E-state index is 13.4. The lowest BCUT2D eigenvalue weighted by Crippen LogP contribution is -2.35. The average molecular weight is 515 g/mol. The number of aliphatic hydroxyl groups is 1. The number of hydrogen-bond donors (Lipinski definition) is 1. The van der Waals surface area contributed by atoms with Gasteiger partial charge in [0, 0.05) is 18.7 Å². The zero-order valence-corrected chi connectivity index (χ0v) is 22.3. The van der Waals surface area contributed by atoms with Gasteiger partial charge in [0.05, 0.1) is 18.2 Å². The number of rotatable bonds is 10. The van der Waals surface area contributed by atoms with Crippen molar-refractivity contribution in [2.24, 2.45) is 0 Å². The molecule has 38 heavy (non-hydrogen) atoms. The van der Waals surface area contributed by atoms with Crippen LogP contribution in [0, 0.1) is 6.92 Å². The number of carbonyl (C=O) groups is 2. The molecule has 0 saturated carbocycles. The van der Waals surface area contributed by atoms with Crippen LogP contribution < -0.4 is 9.47 Å². The van der Waals surface area contributed by atoms with Gasteiger partial charge in [-0.2, -0.15) is 0 Å². The third kappa shape index (κ3) is 5.89. The number of carbonyl (C=O) groups excluding carboxylic acids is 2. The highest BCUT2D eigenvalue weighted by molar-refractivity contribution is 6.46. The average Bonchev–Trinajstić information content (AvgIpc) is 3.16. The van der Waals surface area contributed by atoms with E-state index in [1.54, 1.807) is 12.1 Å². The van der Waals surface area contributed by atoms with E-state index in [4.69, 9.17) is 9.47 Å². The number of aliphatic hydroxyl groups excluding tert-OH is 1. The number of amides is 1. The summed E-state index contributed by atoms with van der Waals surface area (Å²) in [5, 5.41) is 11.5. The van der Waals surface area contributed by atoms with Crippen LogP contribution in [0.4, 0.5) is 0 Å². The maximum Gasteiger partial charge on any atom is 0.295 e. The third-order valence-corrected chi connectivity index (χ3v) is 6.41. The van der Waals surface area contributed by atoms with Gasteiger partial charge in [-0.05, 0) is 81.0 Å². The number of likely N-dealkylation sites (tertiary alicyclic amines) is 1. The molecule has 1 fully saturated rings. The summed E-state index contributed by atoms with van der Waals surface area (Å²) in [5.41, 5.74) is 1.98. The summed E-state index contributed by atoms with van der Waals surface area (Å²) in [7, 11) is 3.82. The van der Waals surface area contributed by atoms with Crippen LogP contribution in [0.15, 0.2) is 78.4 Å². The number of likely N-dealkylation sites (N-methyl/N-ethyl adjacent to an activating group) is 1. The van der Waals surface area contributed by atoms with Gasteiger partial charge in [-0.3, -0.25) is 9.59 Å². The van der Waals surface area contributed by atoms with E-state index in [0.717, 1.165) is 12.0 Å². The van der Waals surface area contributed by atoms with Crippen LogP contribution >= 0.6 is 0 Å². The fourth-order valence-corrected chi connectivity index (χ4v) is 4.49. The molecule has 0 aromatic heterocycles. The van der Waals surface area contributed by atoms with Gasteiger partial charge in [0.2, 0.25) is 0 Å². The smallest absolute Gasteiger partial charge is 0.295 e. The highest BCUT2D eigenvalue weighted by atomic mass is 16.5. The minimum atomic E-state index is -0.760. The van der Waals surface area contributed by atoms with Crippen LogP contribution in [-0.4, -0.2) is 60.4 Å². The molecule has 1 saturated heterocycles. The molecule has 3 aromatic rings. The van der Waals surface area contributed by atoms with E-state index in [1.807, 2.05) is 93.5 Å². The molecule has 1 N–H and O–H groups in total. The number of benzene rings is 3. The van der Waals surface area contributed by atoms with E-state index in [-0.39, 0.29) is 11.3 Å². The van der Waals surface area contributed by atoms with Gasteiger partial charge in [0.15, 0.2) is 0 Å². The topological polar surface area (TPSA) is 79.3 Å². The summed E-state index contributed by atoms with van der Waals surface area (Å²) in [5.74, 6) is 0.400. The van der Waals surface area contributed by atoms with Gasteiger partial charge >= 0.3 is 0 Å². The second-order valence-electron chi connectivity index (χ2n) is 9.61. The zero-order valence-electron chi connectivity index (χ0n) is 22.3. The molecule has 4 rings (SSSR count). The lowest BCUT2D eigenvalue weighted by atomic mass is 9.93. The number of para-hydroxylation sites is 1. The van der Waals surface area contributed by atoms with E-state index in [2.05, 4.69) is 0 Å². The zero-order chi connectivity index (χ0) is 27.2. The molecular formula is C31H34N2O5. The number of nitrogens with zero attached hydrogens (tertiary/aromatic N) is 2. The Balaban J connectivity index is 1.78. The molecular weight excluding hydrogens is 480 g/mol. The minimum absolute atomic E-state index is 0.0657. The predicted molar refractivity (Wildman–Crippen MR) is 147 cm³/mol. The normalized spacial score (nSPS) is 16.8. The van der Waals surface area contributed by atoms with Gasteiger partial charge in [0.25, 0.3) is 11.7 Å². The van der Waals surface area contributed by atoms with Crippen molar-refractivity contribution in [3.63, 3.8) is 0 Å². The first-order valence-corrected chi connectivity index (χ1v) is 12.8. The lowest BCUT2D eigenvalue weighted by Gasteiger charge is -2.27. The molecule has 1 aliphatic heterocycles. The van der Waals surface area contributed by atoms with E-state index >= 15 is 0 Å². The minimum Gasteiger partial charge on any atom is -0.507 e.